The van der Waals surface area contributed by atoms with Gasteiger partial charge in [0.1, 0.15) is 6.10 Å². The molecule has 0 aliphatic heterocycles. The topological polar surface area (TPSA) is 62.9 Å². The van der Waals surface area contributed by atoms with Crippen LogP contribution in [0, 0.1) is 0 Å². The van der Waals surface area contributed by atoms with Crippen molar-refractivity contribution in [3.8, 4) is 0 Å². The first-order chi connectivity index (χ1) is 5.74. The van der Waals surface area contributed by atoms with Gasteiger partial charge in [-0.3, -0.25) is 5.73 Å². The molecule has 0 saturated heterocycles. The Morgan fingerprint density at radius 1 is 1.08 bits per heavy atom. The second-order valence-electron chi connectivity index (χ2n) is 2.27. The summed E-state index contributed by atoms with van der Waals surface area (Å²) in [4.78, 5) is 0. The van der Waals surface area contributed by atoms with E-state index >= 15 is 0 Å². The van der Waals surface area contributed by atoms with E-state index in [1.54, 1.807) is 14.2 Å². The van der Waals surface area contributed by atoms with Crippen LogP contribution in [0.3, 0.4) is 0 Å². The lowest BCUT2D eigenvalue weighted by Crippen LogP contribution is -2.35. The highest BCUT2D eigenvalue weighted by Crippen LogP contribution is 1.96. The van der Waals surface area contributed by atoms with Gasteiger partial charge in [0.2, 0.25) is 6.41 Å². The normalized spacial score (nSPS) is 13.8. The summed E-state index contributed by atoms with van der Waals surface area (Å²) < 4.78 is 19.7. The number of ether oxygens (including phenoxy) is 4. The molecule has 0 fully saturated rings. The lowest BCUT2D eigenvalue weighted by atomic mass is 10.4. The lowest BCUT2D eigenvalue weighted by molar-refractivity contribution is -0.174. The molecule has 74 valence electrons. The van der Waals surface area contributed by atoms with E-state index in [0.29, 0.717) is 13.2 Å². The number of rotatable bonds is 7. The molecule has 0 amide bonds. The molecule has 5 heteroatoms. The molecule has 12 heavy (non-hydrogen) atoms. The van der Waals surface area contributed by atoms with Crippen molar-refractivity contribution in [1.82, 2.24) is 0 Å². The first-order valence-corrected chi connectivity index (χ1v) is 3.66. The molecule has 0 saturated carbocycles. The molecule has 0 spiro atoms. The standard InChI is InChI=1S/C7H17NO4/c1-9-4-6(5-10-2)12-7(8)11-3/h6-7H,4-5,8H2,1-3H3. The van der Waals surface area contributed by atoms with Gasteiger partial charge in [-0.25, -0.2) is 0 Å². The highest BCUT2D eigenvalue weighted by atomic mass is 16.7. The average Bonchev–Trinajstić information content (AvgIpc) is 2.05. The Hall–Kier alpha value is -0.200. The van der Waals surface area contributed by atoms with E-state index in [4.69, 9.17) is 24.7 Å². The molecule has 0 bridgehead atoms. The van der Waals surface area contributed by atoms with Crippen LogP contribution < -0.4 is 5.73 Å². The molecule has 0 heterocycles. The second-order valence-corrected chi connectivity index (χ2v) is 2.27. The summed E-state index contributed by atoms with van der Waals surface area (Å²) in [6.07, 6.45) is -0.907. The minimum Gasteiger partial charge on any atom is -0.382 e. The third-order valence-electron chi connectivity index (χ3n) is 1.26. The molecule has 0 aliphatic rings. The number of hydrogen-bond donors (Lipinski definition) is 1. The van der Waals surface area contributed by atoms with Gasteiger partial charge in [0, 0.05) is 21.3 Å². The van der Waals surface area contributed by atoms with E-state index in [2.05, 4.69) is 0 Å². The molecule has 0 aromatic rings. The highest BCUT2D eigenvalue weighted by molar-refractivity contribution is 4.54. The van der Waals surface area contributed by atoms with Gasteiger partial charge in [0.25, 0.3) is 0 Å². The van der Waals surface area contributed by atoms with Crippen molar-refractivity contribution in [1.29, 1.82) is 0 Å². The molecular formula is C7H17NO4. The predicted octanol–water partition coefficient (Wildman–Crippen LogP) is -0.447. The zero-order valence-corrected chi connectivity index (χ0v) is 7.78. The zero-order valence-electron chi connectivity index (χ0n) is 7.78. The number of methoxy groups -OCH3 is 3. The fraction of sp³-hybridized carbons (Fsp3) is 1.00. The fourth-order valence-electron chi connectivity index (χ4n) is 0.744. The van der Waals surface area contributed by atoms with E-state index in [-0.39, 0.29) is 6.10 Å². The molecule has 0 aromatic carbocycles. The van der Waals surface area contributed by atoms with E-state index in [9.17, 15) is 0 Å². The van der Waals surface area contributed by atoms with Crippen molar-refractivity contribution in [2.75, 3.05) is 34.5 Å². The van der Waals surface area contributed by atoms with Crippen molar-refractivity contribution in [2.45, 2.75) is 12.5 Å². The summed E-state index contributed by atoms with van der Waals surface area (Å²) in [7, 11) is 4.65. The monoisotopic (exact) mass is 179 g/mol. The van der Waals surface area contributed by atoms with Gasteiger partial charge in [0.05, 0.1) is 13.2 Å². The highest BCUT2D eigenvalue weighted by Gasteiger charge is 2.12. The maximum absolute atomic E-state index is 5.38. The molecular weight excluding hydrogens is 162 g/mol. The third-order valence-corrected chi connectivity index (χ3v) is 1.26. The number of nitrogens with two attached hydrogens (primary N) is 1. The second kappa shape index (κ2) is 7.45. The summed E-state index contributed by atoms with van der Waals surface area (Å²) >= 11 is 0. The van der Waals surface area contributed by atoms with E-state index < -0.39 is 6.41 Å². The van der Waals surface area contributed by atoms with Crippen molar-refractivity contribution in [3.63, 3.8) is 0 Å². The average molecular weight is 179 g/mol. The minimum atomic E-state index is -0.722. The largest absolute Gasteiger partial charge is 0.382 e. The van der Waals surface area contributed by atoms with Crippen LogP contribution in [0.25, 0.3) is 0 Å². The Bertz CT molecular complexity index is 95.4. The van der Waals surface area contributed by atoms with Crippen molar-refractivity contribution < 1.29 is 18.9 Å². The van der Waals surface area contributed by atoms with E-state index in [1.165, 1.54) is 7.11 Å². The van der Waals surface area contributed by atoms with Crippen molar-refractivity contribution in [2.24, 2.45) is 5.73 Å². The summed E-state index contributed by atoms with van der Waals surface area (Å²) in [6, 6.07) is 0. The van der Waals surface area contributed by atoms with Crippen molar-refractivity contribution in [3.05, 3.63) is 0 Å². The Balaban J connectivity index is 3.61. The van der Waals surface area contributed by atoms with Gasteiger partial charge in [0.15, 0.2) is 0 Å². The molecule has 1 atom stereocenters. The van der Waals surface area contributed by atoms with Crippen LogP contribution in [-0.2, 0) is 18.9 Å². The van der Waals surface area contributed by atoms with Crippen LogP contribution >= 0.6 is 0 Å². The van der Waals surface area contributed by atoms with Crippen molar-refractivity contribution >= 4 is 0 Å². The van der Waals surface area contributed by atoms with Gasteiger partial charge in [-0.05, 0) is 0 Å². The molecule has 0 rings (SSSR count). The van der Waals surface area contributed by atoms with Crippen LogP contribution in [0.1, 0.15) is 0 Å². The molecule has 0 aliphatic carbocycles. The van der Waals surface area contributed by atoms with Crippen LogP contribution in [-0.4, -0.2) is 47.1 Å². The molecule has 5 nitrogen and oxygen atoms in total. The third kappa shape index (κ3) is 5.45. The Labute approximate surface area is 72.7 Å². The molecule has 0 radical (unpaired) electrons. The van der Waals surface area contributed by atoms with Gasteiger partial charge < -0.3 is 18.9 Å². The summed E-state index contributed by atoms with van der Waals surface area (Å²) in [5.74, 6) is 0. The lowest BCUT2D eigenvalue weighted by Gasteiger charge is -2.19. The zero-order chi connectivity index (χ0) is 9.40. The van der Waals surface area contributed by atoms with Crippen LogP contribution in [0.2, 0.25) is 0 Å². The molecule has 0 aromatic heterocycles. The van der Waals surface area contributed by atoms with Gasteiger partial charge in [-0.1, -0.05) is 0 Å². The van der Waals surface area contributed by atoms with E-state index in [1.807, 2.05) is 0 Å². The quantitative estimate of drug-likeness (QED) is 0.536. The van der Waals surface area contributed by atoms with Crippen LogP contribution in [0.4, 0.5) is 0 Å². The SMILES string of the molecule is COCC(COC)OC(N)OC. The first-order valence-electron chi connectivity index (χ1n) is 3.66. The van der Waals surface area contributed by atoms with E-state index in [0.717, 1.165) is 0 Å². The minimum absolute atomic E-state index is 0.185. The first kappa shape index (κ1) is 11.8. The van der Waals surface area contributed by atoms with Crippen LogP contribution in [0.15, 0.2) is 0 Å². The fourth-order valence-corrected chi connectivity index (χ4v) is 0.744. The summed E-state index contributed by atoms with van der Waals surface area (Å²) in [5.41, 5.74) is 5.38. The maximum Gasteiger partial charge on any atom is 0.213 e. The summed E-state index contributed by atoms with van der Waals surface area (Å²) in [5, 5.41) is 0. The Morgan fingerprint density at radius 2 is 1.58 bits per heavy atom. The van der Waals surface area contributed by atoms with Gasteiger partial charge in [-0.2, -0.15) is 0 Å². The Morgan fingerprint density at radius 3 is 1.92 bits per heavy atom. The van der Waals surface area contributed by atoms with Crippen LogP contribution in [0.5, 0.6) is 0 Å². The summed E-state index contributed by atoms with van der Waals surface area (Å²) in [6.45, 7) is 0.871. The number of hydrogen-bond acceptors (Lipinski definition) is 5. The van der Waals surface area contributed by atoms with Gasteiger partial charge >= 0.3 is 0 Å². The molecule has 1 unspecified atom stereocenters. The van der Waals surface area contributed by atoms with Gasteiger partial charge in [-0.15, -0.1) is 0 Å². The maximum atomic E-state index is 5.38. The molecule has 2 N–H and O–H groups in total. The Kier molecular flexibility index (Phi) is 7.33. The smallest absolute Gasteiger partial charge is 0.213 e. The predicted molar refractivity (Wildman–Crippen MR) is 43.6 cm³/mol.